The van der Waals surface area contributed by atoms with E-state index in [2.05, 4.69) is 10.4 Å². The number of hydrogen-bond donors (Lipinski definition) is 3. The van der Waals surface area contributed by atoms with Crippen molar-refractivity contribution in [3.63, 3.8) is 0 Å². The van der Waals surface area contributed by atoms with Gasteiger partial charge in [0.2, 0.25) is 0 Å². The summed E-state index contributed by atoms with van der Waals surface area (Å²) < 4.78 is 1.41. The molecule has 7 nitrogen and oxygen atoms in total. The first-order chi connectivity index (χ1) is 9.47. The van der Waals surface area contributed by atoms with Gasteiger partial charge in [0.1, 0.15) is 11.4 Å². The molecule has 0 bridgehead atoms. The average Bonchev–Trinajstić information content (AvgIpc) is 2.72. The molecule has 0 atom stereocenters. The molecule has 0 fully saturated rings. The Kier molecular flexibility index (Phi) is 3.69. The van der Waals surface area contributed by atoms with Crippen LogP contribution in [0.25, 0.3) is 0 Å². The highest BCUT2D eigenvalue weighted by atomic mass is 16.4. The maximum Gasteiger partial charge on any atom is 0.307 e. The lowest BCUT2D eigenvalue weighted by atomic mass is 10.1. The summed E-state index contributed by atoms with van der Waals surface area (Å²) in [6, 6.07) is 6.58. The van der Waals surface area contributed by atoms with Crippen molar-refractivity contribution in [2.24, 2.45) is 7.05 Å². The van der Waals surface area contributed by atoms with E-state index < -0.39 is 5.97 Å². The molecule has 0 unspecified atom stereocenters. The summed E-state index contributed by atoms with van der Waals surface area (Å²) in [6.07, 6.45) is 1.34. The Morgan fingerprint density at radius 2 is 2.00 bits per heavy atom. The van der Waals surface area contributed by atoms with Crippen molar-refractivity contribution in [1.29, 1.82) is 0 Å². The molecule has 20 heavy (non-hydrogen) atoms. The van der Waals surface area contributed by atoms with E-state index in [1.165, 1.54) is 10.9 Å². The Morgan fingerprint density at radius 1 is 1.35 bits per heavy atom. The van der Waals surface area contributed by atoms with Crippen molar-refractivity contribution >= 4 is 23.4 Å². The van der Waals surface area contributed by atoms with Gasteiger partial charge in [-0.25, -0.2) is 0 Å². The summed E-state index contributed by atoms with van der Waals surface area (Å²) in [5, 5.41) is 15.2. The average molecular weight is 274 g/mol. The lowest BCUT2D eigenvalue weighted by Gasteiger charge is -2.05. The van der Waals surface area contributed by atoms with Gasteiger partial charge in [-0.05, 0) is 17.7 Å². The third kappa shape index (κ3) is 2.94. The fourth-order valence-corrected chi connectivity index (χ4v) is 1.70. The molecular weight excluding hydrogens is 260 g/mol. The van der Waals surface area contributed by atoms with E-state index >= 15 is 0 Å². The normalized spacial score (nSPS) is 10.2. The summed E-state index contributed by atoms with van der Waals surface area (Å²) in [5.41, 5.74) is 7.23. The second-order valence-electron chi connectivity index (χ2n) is 4.29. The summed E-state index contributed by atoms with van der Waals surface area (Å²) in [7, 11) is 1.65. The third-order valence-corrected chi connectivity index (χ3v) is 2.80. The number of rotatable bonds is 4. The number of carbonyl (C=O) groups excluding carboxylic acids is 1. The zero-order valence-electron chi connectivity index (χ0n) is 10.8. The van der Waals surface area contributed by atoms with Gasteiger partial charge in [0.25, 0.3) is 5.91 Å². The van der Waals surface area contributed by atoms with Crippen LogP contribution in [0.4, 0.5) is 11.5 Å². The molecule has 0 aliphatic heterocycles. The van der Waals surface area contributed by atoms with Gasteiger partial charge in [0, 0.05) is 12.7 Å². The number of carboxylic acids is 1. The number of nitrogens with one attached hydrogen (secondary N) is 1. The topological polar surface area (TPSA) is 110 Å². The number of anilines is 2. The summed E-state index contributed by atoms with van der Waals surface area (Å²) in [5.74, 6) is -0.975. The smallest absolute Gasteiger partial charge is 0.307 e. The van der Waals surface area contributed by atoms with Gasteiger partial charge in [0.15, 0.2) is 0 Å². The number of benzene rings is 1. The number of nitrogens with zero attached hydrogens (tertiary/aromatic N) is 2. The number of aromatic nitrogens is 2. The second-order valence-corrected chi connectivity index (χ2v) is 4.29. The minimum Gasteiger partial charge on any atom is -0.481 e. The first-order valence-electron chi connectivity index (χ1n) is 5.87. The predicted octanol–water partition coefficient (Wildman–Crippen LogP) is 0.882. The van der Waals surface area contributed by atoms with Crippen LogP contribution in [0.1, 0.15) is 15.9 Å². The van der Waals surface area contributed by atoms with E-state index in [4.69, 9.17) is 10.8 Å². The summed E-state index contributed by atoms with van der Waals surface area (Å²) in [4.78, 5) is 22.5. The van der Waals surface area contributed by atoms with Crippen LogP contribution < -0.4 is 11.1 Å². The van der Waals surface area contributed by atoms with Crippen molar-refractivity contribution in [1.82, 2.24) is 9.78 Å². The largest absolute Gasteiger partial charge is 0.481 e. The Hall–Kier alpha value is -2.83. The molecule has 1 aromatic carbocycles. The lowest BCUT2D eigenvalue weighted by Crippen LogP contribution is -2.13. The quantitative estimate of drug-likeness (QED) is 0.766. The number of carboxylic acid groups (broad SMARTS) is 1. The number of amides is 1. The number of nitrogens with two attached hydrogens (primary N) is 1. The van der Waals surface area contributed by atoms with Crippen molar-refractivity contribution in [2.75, 3.05) is 11.1 Å². The highest BCUT2D eigenvalue weighted by Gasteiger charge is 2.13. The molecule has 104 valence electrons. The van der Waals surface area contributed by atoms with Crippen LogP contribution in [0.5, 0.6) is 0 Å². The van der Waals surface area contributed by atoms with Crippen molar-refractivity contribution < 1.29 is 14.7 Å². The van der Waals surface area contributed by atoms with Crippen LogP contribution in [0, 0.1) is 0 Å². The first-order valence-corrected chi connectivity index (χ1v) is 5.87. The fraction of sp³-hybridized carbons (Fsp3) is 0.154. The molecule has 1 heterocycles. The van der Waals surface area contributed by atoms with E-state index in [1.54, 1.807) is 31.3 Å². The first kappa shape index (κ1) is 13.6. The number of hydrogen-bond acceptors (Lipinski definition) is 4. The van der Waals surface area contributed by atoms with Gasteiger partial charge in [0.05, 0.1) is 12.6 Å². The van der Waals surface area contributed by atoms with Crippen LogP contribution in [-0.4, -0.2) is 26.8 Å². The second kappa shape index (κ2) is 5.43. The highest BCUT2D eigenvalue weighted by molar-refractivity contribution is 6.07. The van der Waals surface area contributed by atoms with Crippen molar-refractivity contribution in [2.45, 2.75) is 6.42 Å². The Balaban J connectivity index is 2.08. The van der Waals surface area contributed by atoms with E-state index in [0.717, 1.165) is 0 Å². The molecule has 1 amide bonds. The molecular formula is C13H14N4O3. The number of nitrogen functional groups attached to an aromatic ring is 1. The van der Waals surface area contributed by atoms with Gasteiger partial charge < -0.3 is 16.2 Å². The molecule has 0 aliphatic rings. The highest BCUT2D eigenvalue weighted by Crippen LogP contribution is 2.14. The molecule has 0 radical (unpaired) electrons. The van der Waals surface area contributed by atoms with Crippen molar-refractivity contribution in [3.8, 4) is 0 Å². The molecule has 2 rings (SSSR count). The van der Waals surface area contributed by atoms with Gasteiger partial charge >= 0.3 is 5.97 Å². The molecule has 0 saturated heterocycles. The van der Waals surface area contributed by atoms with Crippen LogP contribution in [0.2, 0.25) is 0 Å². The SMILES string of the molecule is Cn1ncc(C(=O)Nc2ccc(CC(=O)O)cc2)c1N. The van der Waals surface area contributed by atoms with Crippen LogP contribution in [0.15, 0.2) is 30.5 Å². The minimum atomic E-state index is -0.898. The number of carbonyl (C=O) groups is 2. The number of aryl methyl sites for hydroxylation is 1. The summed E-state index contributed by atoms with van der Waals surface area (Å²) >= 11 is 0. The monoisotopic (exact) mass is 274 g/mol. The van der Waals surface area contributed by atoms with Gasteiger partial charge in [-0.15, -0.1) is 0 Å². The maximum atomic E-state index is 12.0. The zero-order chi connectivity index (χ0) is 14.7. The molecule has 4 N–H and O–H groups in total. The molecule has 1 aromatic heterocycles. The maximum absolute atomic E-state index is 12.0. The van der Waals surface area contributed by atoms with Gasteiger partial charge in [-0.3, -0.25) is 14.3 Å². The summed E-state index contributed by atoms with van der Waals surface area (Å²) in [6.45, 7) is 0. The Morgan fingerprint density at radius 3 is 2.50 bits per heavy atom. The Labute approximate surface area is 115 Å². The zero-order valence-corrected chi connectivity index (χ0v) is 10.8. The van der Waals surface area contributed by atoms with Crippen LogP contribution in [-0.2, 0) is 18.3 Å². The molecule has 0 aliphatic carbocycles. The van der Waals surface area contributed by atoms with E-state index in [1.807, 2.05) is 0 Å². The van der Waals surface area contributed by atoms with Crippen LogP contribution in [0.3, 0.4) is 0 Å². The van der Waals surface area contributed by atoms with Crippen molar-refractivity contribution in [3.05, 3.63) is 41.6 Å². The molecule has 7 heteroatoms. The van der Waals surface area contributed by atoms with E-state index in [9.17, 15) is 9.59 Å². The predicted molar refractivity (Wildman–Crippen MR) is 73.4 cm³/mol. The number of aliphatic carboxylic acids is 1. The standard InChI is InChI=1S/C13H14N4O3/c1-17-12(14)10(7-15-17)13(20)16-9-4-2-8(3-5-9)6-11(18)19/h2-5,7H,6,14H2,1H3,(H,16,20)(H,18,19). The van der Waals surface area contributed by atoms with Gasteiger partial charge in [-0.1, -0.05) is 12.1 Å². The molecule has 0 saturated carbocycles. The van der Waals surface area contributed by atoms with Gasteiger partial charge in [-0.2, -0.15) is 5.10 Å². The van der Waals surface area contributed by atoms with Crippen LogP contribution >= 0.6 is 0 Å². The fourth-order valence-electron chi connectivity index (χ4n) is 1.70. The van der Waals surface area contributed by atoms with E-state index in [-0.39, 0.29) is 18.1 Å². The van der Waals surface area contributed by atoms with E-state index in [0.29, 0.717) is 16.8 Å². The molecule has 0 spiro atoms. The third-order valence-electron chi connectivity index (χ3n) is 2.80. The minimum absolute atomic E-state index is 0.0518. The molecule has 2 aromatic rings. The Bertz CT molecular complexity index is 646. The lowest BCUT2D eigenvalue weighted by molar-refractivity contribution is -0.136.